The van der Waals surface area contributed by atoms with Crippen LogP contribution in [0.25, 0.3) is 0 Å². The van der Waals surface area contributed by atoms with E-state index in [2.05, 4.69) is 0 Å². The van der Waals surface area contributed by atoms with Gasteiger partial charge in [-0.25, -0.2) is 0 Å². The Morgan fingerprint density at radius 2 is 1.79 bits per heavy atom. The van der Waals surface area contributed by atoms with Crippen LogP contribution in [-0.4, -0.2) is 35.6 Å². The maximum Gasteiger partial charge on any atom is 0.495 e. The molecule has 0 saturated carbocycles. The molecular formula is C13H20BClO4. The molecule has 106 valence electrons. The Kier molecular flexibility index (Phi) is 4.90. The molecule has 1 aromatic rings. The number of hydrogen-bond acceptors (Lipinski definition) is 4. The average Bonchev–Trinajstić information content (AvgIpc) is 2.26. The fourth-order valence-electron chi connectivity index (χ4n) is 1.38. The van der Waals surface area contributed by atoms with Crippen molar-refractivity contribution in [2.75, 3.05) is 7.11 Å². The molecule has 19 heavy (non-hydrogen) atoms. The molecule has 2 N–H and O–H groups in total. The van der Waals surface area contributed by atoms with Crippen LogP contribution in [0.4, 0.5) is 0 Å². The van der Waals surface area contributed by atoms with Crippen molar-refractivity contribution >= 4 is 24.2 Å². The van der Waals surface area contributed by atoms with Crippen molar-refractivity contribution in [2.24, 2.45) is 0 Å². The normalized spacial score (nSPS) is 12.4. The van der Waals surface area contributed by atoms with Gasteiger partial charge in [0.2, 0.25) is 0 Å². The summed E-state index contributed by atoms with van der Waals surface area (Å²) in [6, 6.07) is 4.89. The molecule has 0 aromatic heterocycles. The number of halogens is 1. The summed E-state index contributed by atoms with van der Waals surface area (Å²) in [6.07, 6.45) is 0. The van der Waals surface area contributed by atoms with Gasteiger partial charge < -0.3 is 19.5 Å². The Bertz CT molecular complexity index is 443. The van der Waals surface area contributed by atoms with Crippen LogP contribution in [0.2, 0.25) is 5.02 Å². The first-order valence-corrected chi connectivity index (χ1v) is 6.38. The predicted molar refractivity (Wildman–Crippen MR) is 77.1 cm³/mol. The number of hydrogen-bond donors (Lipinski definition) is 2. The number of ether oxygens (including phenoxy) is 1. The van der Waals surface area contributed by atoms with E-state index in [9.17, 15) is 10.1 Å². The molecule has 1 rings (SSSR count). The third-order valence-electron chi connectivity index (χ3n) is 3.34. The van der Waals surface area contributed by atoms with Crippen molar-refractivity contribution in [1.29, 1.82) is 0 Å². The van der Waals surface area contributed by atoms with E-state index >= 15 is 0 Å². The SMILES string of the molecule is COc1ccc(Cl)cc1B(O)OC(C)(C)C(C)(C)O. The van der Waals surface area contributed by atoms with Crippen molar-refractivity contribution in [3.63, 3.8) is 0 Å². The fraction of sp³-hybridized carbons (Fsp3) is 0.538. The smallest absolute Gasteiger partial charge is 0.495 e. The van der Waals surface area contributed by atoms with E-state index in [0.29, 0.717) is 16.2 Å². The van der Waals surface area contributed by atoms with Gasteiger partial charge in [-0.3, -0.25) is 0 Å². The summed E-state index contributed by atoms with van der Waals surface area (Å²) in [7, 11) is 0.260. The highest BCUT2D eigenvalue weighted by Gasteiger charge is 2.40. The highest BCUT2D eigenvalue weighted by molar-refractivity contribution is 6.61. The second kappa shape index (κ2) is 5.71. The lowest BCUT2D eigenvalue weighted by atomic mass is 9.76. The second-order valence-corrected chi connectivity index (χ2v) is 5.86. The molecule has 4 nitrogen and oxygen atoms in total. The standard InChI is InChI=1S/C13H20BClO4/c1-12(2,16)13(3,4)19-14(17)10-8-9(15)6-7-11(10)18-5/h6-8,16-17H,1-5H3. The van der Waals surface area contributed by atoms with Crippen LogP contribution in [0, 0.1) is 0 Å². The van der Waals surface area contributed by atoms with E-state index < -0.39 is 18.3 Å². The zero-order valence-electron chi connectivity index (χ0n) is 11.9. The molecule has 0 unspecified atom stereocenters. The lowest BCUT2D eigenvalue weighted by Crippen LogP contribution is -2.53. The zero-order valence-corrected chi connectivity index (χ0v) is 12.7. The first kappa shape index (κ1) is 16.3. The van der Waals surface area contributed by atoms with Gasteiger partial charge >= 0.3 is 7.12 Å². The van der Waals surface area contributed by atoms with Gasteiger partial charge in [-0.15, -0.1) is 0 Å². The number of methoxy groups -OCH3 is 1. The van der Waals surface area contributed by atoms with Crippen molar-refractivity contribution in [3.05, 3.63) is 23.2 Å². The molecule has 1 aromatic carbocycles. The largest absolute Gasteiger partial charge is 0.497 e. The Morgan fingerprint density at radius 3 is 2.26 bits per heavy atom. The van der Waals surface area contributed by atoms with Crippen LogP contribution >= 0.6 is 11.6 Å². The Labute approximate surface area is 119 Å². The topological polar surface area (TPSA) is 58.9 Å². The van der Waals surface area contributed by atoms with Crippen LogP contribution in [0.15, 0.2) is 18.2 Å². The minimum atomic E-state index is -1.24. The second-order valence-electron chi connectivity index (χ2n) is 5.43. The Morgan fingerprint density at radius 1 is 1.21 bits per heavy atom. The van der Waals surface area contributed by atoms with Crippen LogP contribution < -0.4 is 10.2 Å². The van der Waals surface area contributed by atoms with Gasteiger partial charge in [0.05, 0.1) is 18.3 Å². The van der Waals surface area contributed by atoms with Gasteiger partial charge in [0.15, 0.2) is 0 Å². The molecule has 0 heterocycles. The zero-order chi connectivity index (χ0) is 14.8. The third kappa shape index (κ3) is 3.86. The lowest BCUT2D eigenvalue weighted by Gasteiger charge is -2.38. The van der Waals surface area contributed by atoms with Crippen LogP contribution in [0.1, 0.15) is 27.7 Å². The molecule has 0 atom stereocenters. The van der Waals surface area contributed by atoms with E-state index in [1.54, 1.807) is 45.9 Å². The van der Waals surface area contributed by atoms with E-state index in [4.69, 9.17) is 21.0 Å². The average molecular weight is 287 g/mol. The highest BCUT2D eigenvalue weighted by atomic mass is 35.5. The van der Waals surface area contributed by atoms with E-state index in [-0.39, 0.29) is 0 Å². The number of aliphatic hydroxyl groups is 1. The van der Waals surface area contributed by atoms with Crippen molar-refractivity contribution in [1.82, 2.24) is 0 Å². The van der Waals surface area contributed by atoms with Crippen LogP contribution in [0.5, 0.6) is 5.75 Å². The van der Waals surface area contributed by atoms with Gasteiger partial charge in [0, 0.05) is 10.5 Å². The quantitative estimate of drug-likeness (QED) is 0.807. The maximum absolute atomic E-state index is 10.2. The summed E-state index contributed by atoms with van der Waals surface area (Å²) in [6.45, 7) is 6.64. The third-order valence-corrected chi connectivity index (χ3v) is 3.57. The van der Waals surface area contributed by atoms with Crippen LogP contribution in [0.3, 0.4) is 0 Å². The van der Waals surface area contributed by atoms with Gasteiger partial charge in [-0.2, -0.15) is 0 Å². The summed E-state index contributed by atoms with van der Waals surface area (Å²) in [4.78, 5) is 0. The first-order valence-electron chi connectivity index (χ1n) is 6.00. The van der Waals surface area contributed by atoms with E-state index in [0.717, 1.165) is 0 Å². The van der Waals surface area contributed by atoms with Crippen molar-refractivity contribution < 1.29 is 19.5 Å². The minimum absolute atomic E-state index is 0.423. The van der Waals surface area contributed by atoms with Crippen molar-refractivity contribution in [3.8, 4) is 5.75 Å². The molecule has 0 aliphatic carbocycles. The summed E-state index contributed by atoms with van der Waals surface area (Å²) >= 11 is 5.91. The van der Waals surface area contributed by atoms with Crippen molar-refractivity contribution in [2.45, 2.75) is 38.9 Å². The summed E-state index contributed by atoms with van der Waals surface area (Å²) in [5.74, 6) is 0.475. The Hall–Kier alpha value is -0.745. The molecule has 0 fully saturated rings. The molecule has 0 radical (unpaired) electrons. The van der Waals surface area contributed by atoms with E-state index in [1.165, 1.54) is 7.11 Å². The van der Waals surface area contributed by atoms with Gasteiger partial charge in [0.1, 0.15) is 5.75 Å². The Balaban J connectivity index is 3.01. The predicted octanol–water partition coefficient (Wildman–Crippen LogP) is 1.60. The highest BCUT2D eigenvalue weighted by Crippen LogP contribution is 2.26. The summed E-state index contributed by atoms with van der Waals surface area (Å²) in [5, 5.41) is 20.7. The fourth-order valence-corrected chi connectivity index (χ4v) is 1.57. The number of rotatable bonds is 5. The molecule has 0 spiro atoms. The molecule has 0 aliphatic rings. The molecule has 0 bridgehead atoms. The van der Waals surface area contributed by atoms with E-state index in [1.807, 2.05) is 0 Å². The lowest BCUT2D eigenvalue weighted by molar-refractivity contribution is -0.0983. The summed E-state index contributed by atoms with van der Waals surface area (Å²) in [5.41, 5.74) is -1.63. The van der Waals surface area contributed by atoms with Gasteiger partial charge in [0.25, 0.3) is 0 Å². The first-order chi connectivity index (χ1) is 8.58. The summed E-state index contributed by atoms with van der Waals surface area (Å²) < 4.78 is 10.7. The molecule has 6 heteroatoms. The number of benzene rings is 1. The maximum atomic E-state index is 10.2. The molecule has 0 aliphatic heterocycles. The molecular weight excluding hydrogens is 266 g/mol. The molecule has 0 amide bonds. The van der Waals surface area contributed by atoms with Gasteiger partial charge in [-0.1, -0.05) is 11.6 Å². The van der Waals surface area contributed by atoms with Crippen LogP contribution in [-0.2, 0) is 4.65 Å². The van der Waals surface area contributed by atoms with Gasteiger partial charge in [-0.05, 0) is 45.9 Å². The minimum Gasteiger partial charge on any atom is -0.497 e. The monoisotopic (exact) mass is 286 g/mol. The molecule has 0 saturated heterocycles.